The van der Waals surface area contributed by atoms with Gasteiger partial charge in [-0.15, -0.1) is 0 Å². The van der Waals surface area contributed by atoms with Crippen molar-refractivity contribution in [3.63, 3.8) is 0 Å². The van der Waals surface area contributed by atoms with Crippen molar-refractivity contribution in [3.05, 3.63) is 0 Å². The Morgan fingerprint density at radius 2 is 1.79 bits per heavy atom. The van der Waals surface area contributed by atoms with Crippen molar-refractivity contribution in [2.75, 3.05) is 18.8 Å². The maximum Gasteiger partial charge on any atom is 0.00964 e. The minimum Gasteiger partial charge on any atom is -0.300 e. The summed E-state index contributed by atoms with van der Waals surface area (Å²) in [4.78, 5) is 2.70. The van der Waals surface area contributed by atoms with Crippen LogP contribution < -0.4 is 0 Å². The zero-order chi connectivity index (χ0) is 10.2. The molecule has 0 radical (unpaired) electrons. The van der Waals surface area contributed by atoms with Gasteiger partial charge in [0.15, 0.2) is 0 Å². The van der Waals surface area contributed by atoms with Gasteiger partial charge >= 0.3 is 0 Å². The number of thiol groups is 1. The van der Waals surface area contributed by atoms with E-state index >= 15 is 0 Å². The minimum absolute atomic E-state index is 0.958. The number of rotatable bonds is 9. The Bertz CT molecular complexity index is 134. The second-order valence-corrected chi connectivity index (χ2v) is 4.85. The molecule has 1 aliphatic rings. The fourth-order valence-corrected chi connectivity index (χ4v) is 2.21. The molecule has 0 aromatic carbocycles. The van der Waals surface area contributed by atoms with Gasteiger partial charge in [-0.3, -0.25) is 0 Å². The number of unbranched alkanes of at least 4 members (excludes halogenated alkanes) is 3. The lowest BCUT2D eigenvalue weighted by atomic mass is 10.2. The van der Waals surface area contributed by atoms with Crippen molar-refractivity contribution >= 4 is 12.6 Å². The first-order chi connectivity index (χ1) is 6.88. The summed E-state index contributed by atoms with van der Waals surface area (Å²) in [6.45, 7) is 4.94. The van der Waals surface area contributed by atoms with E-state index in [1.807, 2.05) is 0 Å². The van der Waals surface area contributed by atoms with Gasteiger partial charge in [-0.2, -0.15) is 12.6 Å². The molecule has 0 aliphatic heterocycles. The summed E-state index contributed by atoms with van der Waals surface area (Å²) in [5, 5.41) is 0. The second-order valence-electron chi connectivity index (χ2n) is 4.40. The largest absolute Gasteiger partial charge is 0.300 e. The van der Waals surface area contributed by atoms with E-state index in [2.05, 4.69) is 24.5 Å². The van der Waals surface area contributed by atoms with Gasteiger partial charge in [0.25, 0.3) is 0 Å². The first-order valence-corrected chi connectivity index (χ1v) is 6.86. The van der Waals surface area contributed by atoms with Crippen molar-refractivity contribution in [2.45, 2.75) is 57.9 Å². The van der Waals surface area contributed by atoms with Gasteiger partial charge in [-0.25, -0.2) is 0 Å². The Kier molecular flexibility index (Phi) is 6.70. The van der Waals surface area contributed by atoms with Gasteiger partial charge in [0, 0.05) is 6.04 Å². The van der Waals surface area contributed by atoms with Crippen molar-refractivity contribution in [2.24, 2.45) is 0 Å². The molecule has 1 nitrogen and oxygen atoms in total. The van der Waals surface area contributed by atoms with E-state index in [9.17, 15) is 0 Å². The normalized spacial score (nSPS) is 16.5. The molecule has 0 aromatic rings. The SMILES string of the molecule is CCCN(CCCCCCS)C1CC1. The van der Waals surface area contributed by atoms with E-state index in [-0.39, 0.29) is 0 Å². The number of hydrogen-bond acceptors (Lipinski definition) is 2. The molecular formula is C12H25NS. The molecule has 0 saturated heterocycles. The van der Waals surface area contributed by atoms with Crippen LogP contribution in [0.1, 0.15) is 51.9 Å². The highest BCUT2D eigenvalue weighted by atomic mass is 32.1. The molecule has 0 atom stereocenters. The predicted octanol–water partition coefficient (Wildman–Crippen LogP) is 3.35. The monoisotopic (exact) mass is 215 g/mol. The fourth-order valence-electron chi connectivity index (χ4n) is 1.98. The van der Waals surface area contributed by atoms with E-state index in [1.165, 1.54) is 58.0 Å². The Morgan fingerprint density at radius 1 is 1.07 bits per heavy atom. The van der Waals surface area contributed by atoms with Crippen LogP contribution in [0.5, 0.6) is 0 Å². The van der Waals surface area contributed by atoms with Crippen LogP contribution in [-0.4, -0.2) is 29.8 Å². The van der Waals surface area contributed by atoms with Crippen molar-refractivity contribution in [1.82, 2.24) is 4.90 Å². The topological polar surface area (TPSA) is 3.24 Å². The van der Waals surface area contributed by atoms with Crippen molar-refractivity contribution < 1.29 is 0 Å². The molecule has 0 unspecified atom stereocenters. The highest BCUT2D eigenvalue weighted by Gasteiger charge is 2.27. The molecule has 14 heavy (non-hydrogen) atoms. The van der Waals surface area contributed by atoms with E-state index < -0.39 is 0 Å². The lowest BCUT2D eigenvalue weighted by Gasteiger charge is -2.20. The van der Waals surface area contributed by atoms with Crippen molar-refractivity contribution in [3.8, 4) is 0 Å². The zero-order valence-corrected chi connectivity index (χ0v) is 10.4. The first kappa shape index (κ1) is 12.4. The third-order valence-corrected chi connectivity index (χ3v) is 3.24. The number of nitrogens with zero attached hydrogens (tertiary/aromatic N) is 1. The van der Waals surface area contributed by atoms with Gasteiger partial charge in [0.2, 0.25) is 0 Å². The second kappa shape index (κ2) is 7.58. The van der Waals surface area contributed by atoms with E-state index in [0.29, 0.717) is 0 Å². The molecule has 2 heteroatoms. The fraction of sp³-hybridized carbons (Fsp3) is 1.00. The summed E-state index contributed by atoms with van der Waals surface area (Å²) in [6.07, 6.45) is 9.67. The van der Waals surface area contributed by atoms with Crippen LogP contribution >= 0.6 is 12.6 Å². The highest BCUT2D eigenvalue weighted by Crippen LogP contribution is 2.27. The Morgan fingerprint density at radius 3 is 2.36 bits per heavy atom. The summed E-state index contributed by atoms with van der Waals surface area (Å²) in [7, 11) is 0. The third kappa shape index (κ3) is 5.26. The third-order valence-electron chi connectivity index (χ3n) is 2.93. The molecule has 0 N–H and O–H groups in total. The maximum atomic E-state index is 4.23. The zero-order valence-electron chi connectivity index (χ0n) is 9.54. The van der Waals surface area contributed by atoms with Crippen LogP contribution in [0.15, 0.2) is 0 Å². The quantitative estimate of drug-likeness (QED) is 0.456. The highest BCUT2D eigenvalue weighted by molar-refractivity contribution is 7.80. The smallest absolute Gasteiger partial charge is 0.00964 e. The molecule has 1 aliphatic carbocycles. The molecule has 0 aromatic heterocycles. The predicted molar refractivity (Wildman–Crippen MR) is 67.2 cm³/mol. The summed E-state index contributed by atoms with van der Waals surface area (Å²) in [5.41, 5.74) is 0. The van der Waals surface area contributed by atoms with Crippen LogP contribution in [0.2, 0.25) is 0 Å². The van der Waals surface area contributed by atoms with Gasteiger partial charge in [0.1, 0.15) is 0 Å². The minimum atomic E-state index is 0.958. The molecule has 0 bridgehead atoms. The van der Waals surface area contributed by atoms with Gasteiger partial charge in [-0.05, 0) is 50.9 Å². The standard InChI is InChI=1S/C12H25NS/c1-2-9-13(12-7-8-12)10-5-3-4-6-11-14/h12,14H,2-11H2,1H3. The van der Waals surface area contributed by atoms with Crippen LogP contribution in [0.3, 0.4) is 0 Å². The summed E-state index contributed by atoms with van der Waals surface area (Å²) < 4.78 is 0. The summed E-state index contributed by atoms with van der Waals surface area (Å²) >= 11 is 4.23. The summed E-state index contributed by atoms with van der Waals surface area (Å²) in [5.74, 6) is 1.06. The molecular weight excluding hydrogens is 190 g/mol. The molecule has 84 valence electrons. The Labute approximate surface area is 94.7 Å². The lowest BCUT2D eigenvalue weighted by Crippen LogP contribution is -2.27. The molecule has 0 heterocycles. The van der Waals surface area contributed by atoms with Gasteiger partial charge in [0.05, 0.1) is 0 Å². The molecule has 1 fully saturated rings. The Hall–Kier alpha value is 0.310. The van der Waals surface area contributed by atoms with E-state index in [4.69, 9.17) is 0 Å². The van der Waals surface area contributed by atoms with E-state index in [0.717, 1.165) is 11.8 Å². The average Bonchev–Trinajstić information content (AvgIpc) is 2.99. The molecule has 1 rings (SSSR count). The average molecular weight is 215 g/mol. The van der Waals surface area contributed by atoms with Crippen LogP contribution in [0.4, 0.5) is 0 Å². The molecule has 0 spiro atoms. The number of hydrogen-bond donors (Lipinski definition) is 1. The first-order valence-electron chi connectivity index (χ1n) is 6.23. The van der Waals surface area contributed by atoms with E-state index in [1.54, 1.807) is 0 Å². The van der Waals surface area contributed by atoms with Gasteiger partial charge in [-0.1, -0.05) is 19.8 Å². The summed E-state index contributed by atoms with van der Waals surface area (Å²) in [6, 6.07) is 0.958. The van der Waals surface area contributed by atoms with Crippen LogP contribution in [-0.2, 0) is 0 Å². The molecule has 1 saturated carbocycles. The van der Waals surface area contributed by atoms with Gasteiger partial charge < -0.3 is 4.90 Å². The maximum absolute atomic E-state index is 4.23. The lowest BCUT2D eigenvalue weighted by molar-refractivity contribution is 0.257. The Balaban J connectivity index is 1.96. The van der Waals surface area contributed by atoms with Crippen LogP contribution in [0.25, 0.3) is 0 Å². The van der Waals surface area contributed by atoms with Crippen molar-refractivity contribution in [1.29, 1.82) is 0 Å². The van der Waals surface area contributed by atoms with Crippen LogP contribution in [0, 0.1) is 0 Å². The molecule has 0 amide bonds.